The fourth-order valence-electron chi connectivity index (χ4n) is 3.46. The van der Waals surface area contributed by atoms with Gasteiger partial charge in [0.15, 0.2) is 0 Å². The Morgan fingerprint density at radius 3 is 1.70 bits per heavy atom. The van der Waals surface area contributed by atoms with Crippen molar-refractivity contribution in [3.63, 3.8) is 0 Å². The van der Waals surface area contributed by atoms with Gasteiger partial charge in [-0.15, -0.1) is 0 Å². The predicted octanol–water partition coefficient (Wildman–Crippen LogP) is 5.95. The lowest BCUT2D eigenvalue weighted by Gasteiger charge is -2.10. The van der Waals surface area contributed by atoms with Crippen molar-refractivity contribution < 1.29 is 29.3 Å². The Morgan fingerprint density at radius 1 is 0.649 bits per heavy atom. The van der Waals surface area contributed by atoms with Crippen molar-refractivity contribution >= 4 is 23.3 Å². The summed E-state index contributed by atoms with van der Waals surface area (Å²) in [5, 5.41) is 21.4. The van der Waals surface area contributed by atoms with E-state index in [1.165, 1.54) is 0 Å². The second-order valence-electron chi connectivity index (χ2n) is 7.84. The summed E-state index contributed by atoms with van der Waals surface area (Å²) in [5.41, 5.74) is 3.57. The Morgan fingerprint density at radius 2 is 1.16 bits per heavy atom. The van der Waals surface area contributed by atoms with Crippen molar-refractivity contribution in [2.24, 2.45) is 0 Å². The van der Waals surface area contributed by atoms with Gasteiger partial charge < -0.3 is 25.0 Å². The van der Waals surface area contributed by atoms with Gasteiger partial charge in [0.2, 0.25) is 0 Å². The molecule has 0 aromatic heterocycles. The highest BCUT2D eigenvalue weighted by atomic mass is 16.5. The van der Waals surface area contributed by atoms with E-state index in [0.29, 0.717) is 17.2 Å². The number of carboxylic acids is 2. The summed E-state index contributed by atoms with van der Waals surface area (Å²) in [6.45, 7) is 0.408. The summed E-state index contributed by atoms with van der Waals surface area (Å²) in [5.74, 6) is 5.18. The second-order valence-corrected chi connectivity index (χ2v) is 7.84. The van der Waals surface area contributed by atoms with Crippen LogP contribution in [0.5, 0.6) is 11.5 Å². The van der Waals surface area contributed by atoms with Crippen molar-refractivity contribution in [1.82, 2.24) is 0 Å². The Bertz CT molecular complexity index is 1430. The predicted molar refractivity (Wildman–Crippen MR) is 141 cm³/mol. The smallest absolute Gasteiger partial charge is 0.337 e. The lowest BCUT2D eigenvalue weighted by atomic mass is 10.0. The van der Waals surface area contributed by atoms with Crippen LogP contribution in [-0.4, -0.2) is 35.4 Å². The van der Waals surface area contributed by atoms with E-state index in [1.807, 2.05) is 24.3 Å². The molecule has 0 aliphatic heterocycles. The van der Waals surface area contributed by atoms with Gasteiger partial charge in [0.05, 0.1) is 16.8 Å². The van der Waals surface area contributed by atoms with Crippen molar-refractivity contribution in [3.8, 4) is 34.5 Å². The molecule has 0 saturated carbocycles. The van der Waals surface area contributed by atoms with Crippen LogP contribution in [0.25, 0.3) is 11.1 Å². The number of carbonyl (C=O) groups is 2. The van der Waals surface area contributed by atoms with E-state index < -0.39 is 11.9 Å². The molecule has 184 valence electrons. The molecule has 0 aliphatic carbocycles. The molecule has 0 unspecified atom stereocenters. The van der Waals surface area contributed by atoms with E-state index in [0.717, 1.165) is 16.8 Å². The zero-order chi connectivity index (χ0) is 26.0. The normalized spacial score (nSPS) is 10.1. The first kappa shape index (κ1) is 24.9. The molecule has 0 aliphatic rings. The minimum atomic E-state index is -0.993. The van der Waals surface area contributed by atoms with Crippen LogP contribution >= 0.6 is 0 Å². The van der Waals surface area contributed by atoms with E-state index in [9.17, 15) is 14.7 Å². The third kappa shape index (κ3) is 6.90. The minimum Gasteiger partial charge on any atom is -0.481 e. The average Bonchev–Trinajstić information content (AvgIpc) is 2.92. The molecule has 37 heavy (non-hydrogen) atoms. The molecule has 0 fully saturated rings. The maximum Gasteiger partial charge on any atom is 0.337 e. The molecule has 0 spiro atoms. The molecule has 3 N–H and O–H groups in total. The molecule has 4 rings (SSSR count). The number of hydrogen-bond donors (Lipinski definition) is 3. The van der Waals surface area contributed by atoms with E-state index in [4.69, 9.17) is 14.6 Å². The van der Waals surface area contributed by atoms with E-state index in [-0.39, 0.29) is 24.3 Å². The zero-order valence-corrected chi connectivity index (χ0v) is 19.7. The quantitative estimate of drug-likeness (QED) is 0.247. The fourth-order valence-corrected chi connectivity index (χ4v) is 3.46. The number of aromatic carboxylic acids is 2. The van der Waals surface area contributed by atoms with E-state index in [2.05, 4.69) is 17.2 Å². The highest BCUT2D eigenvalue weighted by Crippen LogP contribution is 2.24. The van der Waals surface area contributed by atoms with Crippen molar-refractivity contribution in [1.29, 1.82) is 0 Å². The van der Waals surface area contributed by atoms with Crippen LogP contribution in [-0.2, 0) is 0 Å². The number of para-hydroxylation sites is 1. The molecule has 7 nitrogen and oxygen atoms in total. The van der Waals surface area contributed by atoms with Crippen LogP contribution in [0.3, 0.4) is 0 Å². The number of rotatable bonds is 9. The topological polar surface area (TPSA) is 105 Å². The molecular weight excluding hydrogens is 470 g/mol. The highest BCUT2D eigenvalue weighted by molar-refractivity contribution is 5.95. The Balaban J connectivity index is 1.22. The number of ether oxygens (including phenoxy) is 2. The molecule has 0 amide bonds. The first-order valence-corrected chi connectivity index (χ1v) is 11.3. The number of carboxylic acid groups (broad SMARTS) is 2. The fraction of sp³-hybridized carbons (Fsp3) is 0.0667. The van der Waals surface area contributed by atoms with Crippen LogP contribution < -0.4 is 14.8 Å². The molecule has 4 aromatic rings. The summed E-state index contributed by atoms with van der Waals surface area (Å²) in [7, 11) is 0. The van der Waals surface area contributed by atoms with Gasteiger partial charge in [0.25, 0.3) is 0 Å². The standard InChI is InChI=1S/C30H23NO6/c32-29(33)23-9-7-21(8-10-23)22-11-15-25(16-12-22)36-19-3-4-20-37-26-17-13-24(14-18-26)31-28-6-2-1-5-27(28)30(34)35/h1-2,5-18,31H,19-20H2,(H,32,33)(H,34,35). The molecule has 0 heterocycles. The summed E-state index contributed by atoms with van der Waals surface area (Å²) in [6, 6.07) is 28.0. The van der Waals surface area contributed by atoms with Gasteiger partial charge in [-0.3, -0.25) is 0 Å². The largest absolute Gasteiger partial charge is 0.481 e. The third-order valence-corrected chi connectivity index (χ3v) is 5.36. The number of nitrogens with one attached hydrogen (secondary N) is 1. The van der Waals surface area contributed by atoms with Gasteiger partial charge in [-0.05, 0) is 71.8 Å². The summed E-state index contributed by atoms with van der Waals surface area (Å²) < 4.78 is 11.3. The van der Waals surface area contributed by atoms with Gasteiger partial charge in [0, 0.05) is 5.69 Å². The van der Waals surface area contributed by atoms with E-state index >= 15 is 0 Å². The van der Waals surface area contributed by atoms with Crippen LogP contribution in [0.1, 0.15) is 20.7 Å². The van der Waals surface area contributed by atoms with Crippen molar-refractivity contribution in [2.75, 3.05) is 18.5 Å². The summed E-state index contributed by atoms with van der Waals surface area (Å²) in [6.07, 6.45) is 0. The Labute approximate surface area is 213 Å². The highest BCUT2D eigenvalue weighted by Gasteiger charge is 2.09. The van der Waals surface area contributed by atoms with E-state index in [1.54, 1.807) is 72.8 Å². The lowest BCUT2D eigenvalue weighted by Crippen LogP contribution is -2.02. The molecule has 0 atom stereocenters. The molecule has 7 heteroatoms. The summed E-state index contributed by atoms with van der Waals surface area (Å²) in [4.78, 5) is 22.3. The maximum absolute atomic E-state index is 11.3. The van der Waals surface area contributed by atoms with Crippen molar-refractivity contribution in [2.45, 2.75) is 0 Å². The Kier molecular flexibility index (Phi) is 8.04. The SMILES string of the molecule is O=C(O)c1ccc(-c2ccc(OCC#CCOc3ccc(Nc4ccccc4C(=O)O)cc3)cc2)cc1. The summed E-state index contributed by atoms with van der Waals surface area (Å²) >= 11 is 0. The van der Waals surface area contributed by atoms with Gasteiger partial charge in [0.1, 0.15) is 24.7 Å². The molecule has 0 radical (unpaired) electrons. The molecule has 0 saturated heterocycles. The molecule has 4 aromatic carbocycles. The number of hydrogen-bond acceptors (Lipinski definition) is 5. The van der Waals surface area contributed by atoms with Crippen LogP contribution in [0, 0.1) is 11.8 Å². The van der Waals surface area contributed by atoms with Gasteiger partial charge in [-0.2, -0.15) is 0 Å². The van der Waals surface area contributed by atoms with Gasteiger partial charge >= 0.3 is 11.9 Å². The second kappa shape index (κ2) is 12.0. The first-order chi connectivity index (χ1) is 18.0. The number of anilines is 2. The average molecular weight is 494 g/mol. The first-order valence-electron chi connectivity index (χ1n) is 11.3. The van der Waals surface area contributed by atoms with Gasteiger partial charge in [-0.1, -0.05) is 48.2 Å². The number of benzene rings is 4. The monoisotopic (exact) mass is 493 g/mol. The third-order valence-electron chi connectivity index (χ3n) is 5.36. The Hall–Kier alpha value is -5.22. The van der Waals surface area contributed by atoms with Crippen LogP contribution in [0.15, 0.2) is 97.1 Å². The lowest BCUT2D eigenvalue weighted by molar-refractivity contribution is 0.0686. The maximum atomic E-state index is 11.3. The van der Waals surface area contributed by atoms with Crippen molar-refractivity contribution in [3.05, 3.63) is 108 Å². The minimum absolute atomic E-state index is 0.198. The van der Waals surface area contributed by atoms with Crippen LogP contribution in [0.4, 0.5) is 11.4 Å². The van der Waals surface area contributed by atoms with Gasteiger partial charge in [-0.25, -0.2) is 9.59 Å². The van der Waals surface area contributed by atoms with Crippen LogP contribution in [0.2, 0.25) is 0 Å². The molecule has 0 bridgehead atoms. The molecular formula is C30H23NO6. The zero-order valence-electron chi connectivity index (χ0n) is 19.7.